The summed E-state index contributed by atoms with van der Waals surface area (Å²) in [5.41, 5.74) is 0. The van der Waals surface area contributed by atoms with Crippen molar-refractivity contribution >= 4 is 30.1 Å². The van der Waals surface area contributed by atoms with Crippen LogP contribution in [-0.2, 0) is 0 Å². The molecule has 1 rings (SSSR count). The van der Waals surface area contributed by atoms with Crippen molar-refractivity contribution < 1.29 is 0 Å². The van der Waals surface area contributed by atoms with Crippen LogP contribution in [-0.4, -0.2) is 6.91 Å². The van der Waals surface area contributed by atoms with Gasteiger partial charge in [-0.25, -0.2) is 0 Å². The summed E-state index contributed by atoms with van der Waals surface area (Å²) in [6, 6.07) is 3.60. The van der Waals surface area contributed by atoms with Gasteiger partial charge in [-0.05, 0) is 0 Å². The number of rotatable bonds is 0. The molecule has 0 unspecified atom stereocenters. The van der Waals surface area contributed by atoms with Crippen LogP contribution in [0.4, 0.5) is 0 Å². The second-order valence-corrected chi connectivity index (χ2v) is 2.23. The first-order valence-corrected chi connectivity index (χ1v) is 2.96. The van der Waals surface area contributed by atoms with Gasteiger partial charge in [0.15, 0.2) is 0 Å². The van der Waals surface area contributed by atoms with Gasteiger partial charge in [-0.2, -0.15) is 0 Å². The molecule has 0 amide bonds. The van der Waals surface area contributed by atoms with Gasteiger partial charge in [0.2, 0.25) is 0 Å². The molecule has 40 valence electrons. The van der Waals surface area contributed by atoms with Crippen molar-refractivity contribution in [2.45, 2.75) is 0 Å². The molecule has 1 aromatic heterocycles. The normalized spacial score (nSPS) is 8.75. The Morgan fingerprint density at radius 2 is 2.12 bits per heavy atom. The fourth-order valence-corrected chi connectivity index (χ4v) is 0.711. The van der Waals surface area contributed by atoms with Crippen LogP contribution in [0.3, 0.4) is 0 Å². The number of hydrogen-bond acceptors (Lipinski definition) is 0. The summed E-state index contributed by atoms with van der Waals surface area (Å²) in [5.74, 6) is 1.84. The first kappa shape index (κ1) is 6.12. The van der Waals surface area contributed by atoms with Crippen LogP contribution >= 0.6 is 23.2 Å². The topological polar surface area (TPSA) is 0 Å². The molecule has 0 aliphatic rings. The molecule has 0 nitrogen and oxygen atoms in total. The maximum atomic E-state index is 5.58. The van der Waals surface area contributed by atoms with E-state index in [1.807, 2.05) is 12.0 Å². The number of halogens is 2. The van der Waals surface area contributed by atoms with Crippen LogP contribution in [0.25, 0.3) is 0 Å². The zero-order valence-electron chi connectivity index (χ0n) is 4.07. The van der Waals surface area contributed by atoms with E-state index in [9.17, 15) is 0 Å². The molecule has 1 heterocycles. The molecule has 0 bridgehead atoms. The van der Waals surface area contributed by atoms with E-state index in [2.05, 4.69) is 0 Å². The standard InChI is InChI=1S/C5H3BCl2/c7-4-2-1-3-6-5(4)8/h1-3H. The molecular weight excluding hydrogens is 142 g/mol. The van der Waals surface area contributed by atoms with E-state index in [1.165, 1.54) is 0 Å². The molecule has 0 spiro atoms. The summed E-state index contributed by atoms with van der Waals surface area (Å²) in [4.78, 5) is 0.606. The van der Waals surface area contributed by atoms with E-state index in [0.717, 1.165) is 0 Å². The average molecular weight is 145 g/mol. The Labute approximate surface area is 58.6 Å². The molecule has 0 aromatic carbocycles. The van der Waals surface area contributed by atoms with E-state index in [0.29, 0.717) is 9.94 Å². The van der Waals surface area contributed by atoms with Gasteiger partial charge in [0.05, 0.1) is 0 Å². The molecule has 0 aliphatic heterocycles. The summed E-state index contributed by atoms with van der Waals surface area (Å²) in [6.45, 7) is 1.75. The predicted octanol–water partition coefficient (Wildman–Crippen LogP) is 2.33. The predicted molar refractivity (Wildman–Crippen MR) is 37.8 cm³/mol. The van der Waals surface area contributed by atoms with Gasteiger partial charge in [0, 0.05) is 0 Å². The molecular formula is C5H3BCl2. The van der Waals surface area contributed by atoms with Gasteiger partial charge in [-0.1, -0.05) is 0 Å². The minimum atomic E-state index is 0.606. The maximum absolute atomic E-state index is 5.58. The Morgan fingerprint density at radius 1 is 1.38 bits per heavy atom. The van der Waals surface area contributed by atoms with Crippen LogP contribution in [0.2, 0.25) is 9.94 Å². The summed E-state index contributed by atoms with van der Waals surface area (Å²) < 4.78 is 0. The Kier molecular flexibility index (Phi) is 1.93. The van der Waals surface area contributed by atoms with Crippen LogP contribution in [0, 0.1) is 0 Å². The molecule has 8 heavy (non-hydrogen) atoms. The van der Waals surface area contributed by atoms with E-state index in [-0.39, 0.29) is 0 Å². The van der Waals surface area contributed by atoms with Gasteiger partial charge in [-0.3, -0.25) is 0 Å². The third-order valence-corrected chi connectivity index (χ3v) is 1.58. The van der Waals surface area contributed by atoms with E-state index in [1.54, 1.807) is 13.0 Å². The van der Waals surface area contributed by atoms with Crippen molar-refractivity contribution in [1.82, 2.24) is 0 Å². The van der Waals surface area contributed by atoms with E-state index < -0.39 is 0 Å². The fourth-order valence-electron chi connectivity index (χ4n) is 0.439. The Balaban J connectivity index is 3.13. The molecule has 0 fully saturated rings. The van der Waals surface area contributed by atoms with Crippen molar-refractivity contribution in [3.63, 3.8) is 0 Å². The molecule has 0 saturated heterocycles. The fraction of sp³-hybridized carbons (Fsp3) is 0. The van der Waals surface area contributed by atoms with Crippen LogP contribution in [0.15, 0.2) is 18.1 Å². The molecule has 0 atom stereocenters. The first-order valence-electron chi connectivity index (χ1n) is 2.21. The Hall–Kier alpha value is -0.00506. The van der Waals surface area contributed by atoms with Gasteiger partial charge in [0.1, 0.15) is 0 Å². The van der Waals surface area contributed by atoms with Gasteiger partial charge in [0.25, 0.3) is 0 Å². The monoisotopic (exact) mass is 144 g/mol. The van der Waals surface area contributed by atoms with Crippen LogP contribution < -0.4 is 0 Å². The zero-order chi connectivity index (χ0) is 5.98. The summed E-state index contributed by atoms with van der Waals surface area (Å²) in [6.07, 6.45) is 0. The van der Waals surface area contributed by atoms with Crippen LogP contribution in [0.5, 0.6) is 0 Å². The summed E-state index contributed by atoms with van der Waals surface area (Å²) in [5, 5.41) is 0.606. The van der Waals surface area contributed by atoms with Crippen LogP contribution in [0.1, 0.15) is 0 Å². The zero-order valence-corrected chi connectivity index (χ0v) is 5.58. The average Bonchev–Trinajstić information content (AvgIpc) is 1.77. The van der Waals surface area contributed by atoms with Crippen molar-refractivity contribution in [3.05, 3.63) is 28.0 Å². The van der Waals surface area contributed by atoms with Crippen molar-refractivity contribution in [3.8, 4) is 0 Å². The number of hydrogen-bond donors (Lipinski definition) is 0. The SMILES string of the molecule is Clc1bcccc1Cl. The molecule has 0 aliphatic carbocycles. The Morgan fingerprint density at radius 3 is 2.50 bits per heavy atom. The van der Waals surface area contributed by atoms with E-state index in [4.69, 9.17) is 23.2 Å². The molecule has 3 heteroatoms. The van der Waals surface area contributed by atoms with E-state index >= 15 is 0 Å². The molecule has 0 saturated carbocycles. The molecule has 1 aromatic rings. The minimum absolute atomic E-state index is 0.606. The van der Waals surface area contributed by atoms with Crippen molar-refractivity contribution in [2.75, 3.05) is 0 Å². The van der Waals surface area contributed by atoms with Crippen molar-refractivity contribution in [1.29, 1.82) is 0 Å². The first-order chi connectivity index (χ1) is 3.80. The molecule has 0 radical (unpaired) electrons. The second-order valence-electron chi connectivity index (χ2n) is 1.41. The quantitative estimate of drug-likeness (QED) is 0.525. The summed E-state index contributed by atoms with van der Waals surface area (Å²) >= 11 is 11.2. The third kappa shape index (κ3) is 1.24. The summed E-state index contributed by atoms with van der Waals surface area (Å²) in [7, 11) is 0. The van der Waals surface area contributed by atoms with Crippen molar-refractivity contribution in [2.24, 2.45) is 0 Å². The second kappa shape index (κ2) is 2.52. The van der Waals surface area contributed by atoms with Gasteiger partial charge in [-0.15, -0.1) is 0 Å². The Bertz CT molecular complexity index is 167. The third-order valence-electron chi connectivity index (χ3n) is 0.824. The molecule has 0 N–H and O–H groups in total. The van der Waals surface area contributed by atoms with Gasteiger partial charge >= 0.3 is 58.1 Å². The van der Waals surface area contributed by atoms with Gasteiger partial charge < -0.3 is 0 Å².